The van der Waals surface area contributed by atoms with Gasteiger partial charge in [-0.3, -0.25) is 0 Å². The average Bonchev–Trinajstić information content (AvgIpc) is 0.746. The number of furan rings is 1. The zero-order valence-corrected chi connectivity index (χ0v) is 74.1. The average molecular weight is 1760 g/mol. The summed E-state index contributed by atoms with van der Waals surface area (Å²) in [5.41, 5.74) is 23.2. The lowest BCUT2D eigenvalue weighted by molar-refractivity contribution is 0.669. The van der Waals surface area contributed by atoms with Crippen LogP contribution in [0.15, 0.2) is 478 Å². The topological polar surface area (TPSA) is 90.5 Å². The smallest absolute Gasteiger partial charge is 0.136 e. The van der Waals surface area contributed by atoms with E-state index in [1.807, 2.05) is 60.7 Å². The first kappa shape index (κ1) is 80.5. The van der Waals surface area contributed by atoms with Crippen molar-refractivity contribution in [2.75, 3.05) is 0 Å². The Kier molecular flexibility index (Phi) is 19.4. The zero-order chi connectivity index (χ0) is 90.1. The maximum atomic E-state index is 6.31. The largest absolute Gasteiger partial charge is 0.456 e. The van der Waals surface area contributed by atoms with E-state index >= 15 is 0 Å². The Morgan fingerprint density at radius 2 is 0.471 bits per heavy atom. The van der Waals surface area contributed by atoms with Crippen LogP contribution in [0.2, 0.25) is 0 Å². The molecule has 0 saturated heterocycles. The molecule has 642 valence electrons. The molecule has 4 heterocycles. The first-order chi connectivity index (χ1) is 67.9. The molecule has 4 aromatic heterocycles. The molecule has 29 rings (SSSR count). The molecule has 0 radical (unpaired) electrons. The Balaban J connectivity index is 0.000000107. The molecule has 0 unspecified atom stereocenters. The molecule has 0 amide bonds. The summed E-state index contributed by atoms with van der Waals surface area (Å²) < 4.78 is 6.31. The van der Waals surface area contributed by atoms with Crippen molar-refractivity contribution < 1.29 is 4.42 Å². The molecule has 0 atom stereocenters. The van der Waals surface area contributed by atoms with Gasteiger partial charge in [-0.25, -0.2) is 29.9 Å². The number of fused-ring (bicyclic) bond motifs is 28. The fourth-order valence-electron chi connectivity index (χ4n) is 21.5. The molecule has 0 aliphatic rings. The van der Waals surface area contributed by atoms with E-state index in [-0.39, 0.29) is 7.43 Å². The molecule has 0 aliphatic heterocycles. The molecule has 0 N–H and O–H groups in total. The summed E-state index contributed by atoms with van der Waals surface area (Å²) in [6.45, 7) is 0. The summed E-state index contributed by atoms with van der Waals surface area (Å²) >= 11 is 0. The van der Waals surface area contributed by atoms with Crippen LogP contribution in [0.25, 0.3) is 285 Å². The van der Waals surface area contributed by atoms with Crippen molar-refractivity contribution >= 4 is 195 Å². The van der Waals surface area contributed by atoms with Gasteiger partial charge in [0.1, 0.15) is 11.2 Å². The van der Waals surface area contributed by atoms with Gasteiger partial charge in [-0.2, -0.15) is 0 Å². The minimum atomic E-state index is 0. The van der Waals surface area contributed by atoms with E-state index in [2.05, 4.69) is 413 Å². The van der Waals surface area contributed by atoms with Crippen LogP contribution in [0.4, 0.5) is 0 Å². The van der Waals surface area contributed by atoms with E-state index in [1.165, 1.54) is 146 Å². The summed E-state index contributed by atoms with van der Waals surface area (Å²) in [4.78, 5) is 31.8. The highest BCUT2D eigenvalue weighted by molar-refractivity contribution is 6.32. The van der Waals surface area contributed by atoms with Crippen molar-refractivity contribution in [3.8, 4) is 89.8 Å². The molecule has 138 heavy (non-hydrogen) atoms. The van der Waals surface area contributed by atoms with Gasteiger partial charge in [0, 0.05) is 44.2 Å². The van der Waals surface area contributed by atoms with Gasteiger partial charge in [-0.1, -0.05) is 408 Å². The molecule has 7 heteroatoms. The first-order valence-corrected chi connectivity index (χ1v) is 46.7. The minimum absolute atomic E-state index is 0. The predicted octanol–water partition coefficient (Wildman–Crippen LogP) is 35.8. The monoisotopic (exact) mass is 1750 g/mol. The lowest BCUT2D eigenvalue weighted by Crippen LogP contribution is -1.97. The molecule has 0 aliphatic carbocycles. The number of para-hydroxylation sites is 3. The number of aromatic nitrogens is 6. The van der Waals surface area contributed by atoms with Crippen molar-refractivity contribution in [3.63, 3.8) is 0 Å². The normalized spacial score (nSPS) is 11.7. The van der Waals surface area contributed by atoms with Crippen LogP contribution in [0.1, 0.15) is 7.43 Å². The Hall–Kier alpha value is -18.3. The maximum Gasteiger partial charge on any atom is 0.136 e. The molecule has 0 saturated carbocycles. The van der Waals surface area contributed by atoms with Gasteiger partial charge in [0.15, 0.2) is 0 Å². The summed E-state index contributed by atoms with van der Waals surface area (Å²) in [5, 5.41) is 34.5. The SMILES string of the molecule is C.c1ccc(-c2nc3cc(-c4cc5ccccc5c5c4ccc4c6ccccc6ccc45)ccc3nc2-c2ccc3ccccc3c2)cc1.c1ccc(-c2nc3ccc(-c4cc5ccc6ccccc6c5c5ccc6ccccc6c45)cc3nc2-c2ccccc2)cc1.c1ccc2c(c1)ccc1c2ccc2c(-c3nc4ccccc4nc3-c3cccc4oc5ccccc5c34)cc3ccccc3c21. The molecule has 29 aromatic rings. The van der Waals surface area contributed by atoms with Crippen molar-refractivity contribution in [2.45, 2.75) is 7.43 Å². The van der Waals surface area contributed by atoms with Crippen LogP contribution in [0.5, 0.6) is 0 Å². The van der Waals surface area contributed by atoms with Gasteiger partial charge in [-0.15, -0.1) is 0 Å². The third-order valence-corrected chi connectivity index (χ3v) is 27.8. The summed E-state index contributed by atoms with van der Waals surface area (Å²) in [7, 11) is 0. The highest BCUT2D eigenvalue weighted by Crippen LogP contribution is 2.49. The molecule has 7 nitrogen and oxygen atoms in total. The third-order valence-electron chi connectivity index (χ3n) is 27.8. The standard InChI is InChI=1S/C46H28N2.C42H24N2O.C42H26N2.CH4/c1-2-12-31(13-3-1)45-46(35-19-18-29-10-4-5-14-32(29)26-35)47-42-25-21-34(28-43(42)48-45)41-27-33-15-7-9-17-37(33)44-39-22-20-30-11-6-8-16-36(30)38(39)23-24-40(41)44;1-3-12-27-25(10-1)20-21-30-29(27)22-23-31-34(24-26-11-2-4-13-28(26)39(30)31)42-41(43-35-16-6-7-17-36(35)44-42)33-15-9-19-38-40(33)32-14-5-8-18-37(32)45-38;1-3-13-29(14-4-1)41-42(30-15-5-2-6-16-30)44-38-26-31(22-24-37(38)43-41)36-25-32-20-19-27-11-7-9-17-33(27)39(32)35-23-21-28-12-8-10-18-34(28)40(35)36;/h1-28H;1-24H;1-26H;1H4. The summed E-state index contributed by atoms with van der Waals surface area (Å²) in [6, 6.07) is 168. The summed E-state index contributed by atoms with van der Waals surface area (Å²) in [5.74, 6) is 0. The maximum absolute atomic E-state index is 6.31. The number of rotatable bonds is 8. The van der Waals surface area contributed by atoms with Crippen LogP contribution in [-0.2, 0) is 0 Å². The van der Waals surface area contributed by atoms with Crippen molar-refractivity contribution in [3.05, 3.63) is 473 Å². The fourth-order valence-corrected chi connectivity index (χ4v) is 21.5. The Morgan fingerprint density at radius 3 is 1.02 bits per heavy atom. The van der Waals surface area contributed by atoms with Crippen molar-refractivity contribution in [1.29, 1.82) is 0 Å². The lowest BCUT2D eigenvalue weighted by Gasteiger charge is -2.17. The van der Waals surface area contributed by atoms with Gasteiger partial charge in [0.25, 0.3) is 0 Å². The Bertz CT molecular complexity index is 10100. The van der Waals surface area contributed by atoms with E-state index in [4.69, 9.17) is 34.3 Å². The van der Waals surface area contributed by atoms with Gasteiger partial charge in [-0.05, 0) is 235 Å². The quantitative estimate of drug-likeness (QED) is 0.140. The van der Waals surface area contributed by atoms with Gasteiger partial charge < -0.3 is 4.42 Å². The van der Waals surface area contributed by atoms with Crippen LogP contribution in [-0.4, -0.2) is 29.9 Å². The van der Waals surface area contributed by atoms with Crippen LogP contribution in [0.3, 0.4) is 0 Å². The van der Waals surface area contributed by atoms with Crippen LogP contribution >= 0.6 is 0 Å². The van der Waals surface area contributed by atoms with E-state index in [0.717, 1.165) is 139 Å². The molecular formula is C131H82N6O. The molecule has 0 fully saturated rings. The summed E-state index contributed by atoms with van der Waals surface area (Å²) in [6.07, 6.45) is 0. The van der Waals surface area contributed by atoms with Gasteiger partial charge >= 0.3 is 0 Å². The Labute approximate surface area is 794 Å². The number of hydrogen-bond acceptors (Lipinski definition) is 7. The first-order valence-electron chi connectivity index (χ1n) is 46.7. The fraction of sp³-hybridized carbons (Fsp3) is 0.00763. The second-order valence-corrected chi connectivity index (χ2v) is 35.6. The van der Waals surface area contributed by atoms with Gasteiger partial charge in [0.05, 0.1) is 67.3 Å². The Morgan fingerprint density at radius 1 is 0.130 bits per heavy atom. The lowest BCUT2D eigenvalue weighted by atomic mass is 9.88. The number of benzene rings is 25. The number of nitrogens with zero attached hydrogens (tertiary/aromatic N) is 6. The van der Waals surface area contributed by atoms with E-state index < -0.39 is 0 Å². The predicted molar refractivity (Wildman–Crippen MR) is 584 cm³/mol. The second-order valence-electron chi connectivity index (χ2n) is 35.6. The number of hydrogen-bond donors (Lipinski definition) is 0. The van der Waals surface area contributed by atoms with E-state index in [0.29, 0.717) is 0 Å². The third kappa shape index (κ3) is 13.6. The van der Waals surface area contributed by atoms with Gasteiger partial charge in [0.2, 0.25) is 0 Å². The van der Waals surface area contributed by atoms with Crippen molar-refractivity contribution in [1.82, 2.24) is 29.9 Å². The molecular weight excluding hydrogens is 1670 g/mol. The minimum Gasteiger partial charge on any atom is -0.456 e. The zero-order valence-electron chi connectivity index (χ0n) is 74.1. The molecule has 25 aromatic carbocycles. The molecule has 0 bridgehead atoms. The highest BCUT2D eigenvalue weighted by Gasteiger charge is 2.26. The van der Waals surface area contributed by atoms with E-state index in [1.54, 1.807) is 0 Å². The second kappa shape index (κ2) is 33.2. The van der Waals surface area contributed by atoms with Crippen molar-refractivity contribution in [2.24, 2.45) is 0 Å². The highest BCUT2D eigenvalue weighted by atomic mass is 16.3. The van der Waals surface area contributed by atoms with Crippen LogP contribution in [0, 0.1) is 0 Å². The molecule has 0 spiro atoms. The van der Waals surface area contributed by atoms with Crippen LogP contribution < -0.4 is 0 Å². The van der Waals surface area contributed by atoms with E-state index in [9.17, 15) is 0 Å².